The zero-order valence-electron chi connectivity index (χ0n) is 17.4. The van der Waals surface area contributed by atoms with Crippen LogP contribution in [-0.4, -0.2) is 39.8 Å². The van der Waals surface area contributed by atoms with Crippen molar-refractivity contribution in [1.82, 2.24) is 0 Å². The van der Waals surface area contributed by atoms with Crippen molar-refractivity contribution < 1.29 is 19.0 Å². The summed E-state index contributed by atoms with van der Waals surface area (Å²) in [5.41, 5.74) is 2.55. The molecule has 1 heterocycles. The second-order valence-corrected chi connectivity index (χ2v) is 7.50. The van der Waals surface area contributed by atoms with E-state index < -0.39 is 0 Å². The molecule has 0 radical (unpaired) electrons. The van der Waals surface area contributed by atoms with Gasteiger partial charge in [-0.25, -0.2) is 0 Å². The number of fused-ring (bicyclic) bond motifs is 1. The standard InChI is InChI=1S/C23H28N2O4/c1-16(2)15-29-21-14-19(25(3)4)8-5-17(21)6-10-23(26)24-18-7-9-20-22(13-18)28-12-11-27-20/h5-10,13-14,16H,11-12,15H2,1-4H3,(H,24,26)/b10-6+. The van der Waals surface area contributed by atoms with Crippen LogP contribution >= 0.6 is 0 Å². The van der Waals surface area contributed by atoms with Crippen molar-refractivity contribution in [2.75, 3.05) is 44.1 Å². The van der Waals surface area contributed by atoms with E-state index in [9.17, 15) is 4.79 Å². The number of hydrogen-bond donors (Lipinski definition) is 1. The SMILES string of the molecule is CC(C)COc1cc(N(C)C)ccc1/C=C/C(=O)Nc1ccc2c(c1)OCCO2. The van der Waals surface area contributed by atoms with Crippen molar-refractivity contribution in [2.24, 2.45) is 5.92 Å². The monoisotopic (exact) mass is 396 g/mol. The maximum Gasteiger partial charge on any atom is 0.248 e. The molecule has 6 heteroatoms. The van der Waals surface area contributed by atoms with Crippen molar-refractivity contribution in [3.05, 3.63) is 48.0 Å². The Morgan fingerprint density at radius 2 is 1.90 bits per heavy atom. The summed E-state index contributed by atoms with van der Waals surface area (Å²) in [5, 5.41) is 2.85. The van der Waals surface area contributed by atoms with E-state index in [0.717, 1.165) is 17.0 Å². The van der Waals surface area contributed by atoms with Crippen LogP contribution in [0.2, 0.25) is 0 Å². The minimum absolute atomic E-state index is 0.229. The Hall–Kier alpha value is -3.15. The van der Waals surface area contributed by atoms with Gasteiger partial charge in [-0.1, -0.05) is 13.8 Å². The normalized spacial score (nSPS) is 12.9. The second-order valence-electron chi connectivity index (χ2n) is 7.50. The molecule has 0 bridgehead atoms. The van der Waals surface area contributed by atoms with Crippen molar-refractivity contribution in [2.45, 2.75) is 13.8 Å². The summed E-state index contributed by atoms with van der Waals surface area (Å²) in [6.07, 6.45) is 3.27. The van der Waals surface area contributed by atoms with Gasteiger partial charge in [-0.2, -0.15) is 0 Å². The lowest BCUT2D eigenvalue weighted by Crippen LogP contribution is -2.16. The maximum absolute atomic E-state index is 12.4. The zero-order valence-corrected chi connectivity index (χ0v) is 17.4. The predicted molar refractivity (Wildman–Crippen MR) is 116 cm³/mol. The van der Waals surface area contributed by atoms with Gasteiger partial charge in [-0.3, -0.25) is 4.79 Å². The van der Waals surface area contributed by atoms with Gasteiger partial charge >= 0.3 is 0 Å². The van der Waals surface area contributed by atoms with Gasteiger partial charge < -0.3 is 24.4 Å². The molecule has 29 heavy (non-hydrogen) atoms. The molecule has 2 aromatic carbocycles. The van der Waals surface area contributed by atoms with Crippen LogP contribution in [0, 0.1) is 5.92 Å². The third kappa shape index (κ3) is 5.67. The molecule has 0 aromatic heterocycles. The minimum Gasteiger partial charge on any atom is -0.493 e. The lowest BCUT2D eigenvalue weighted by molar-refractivity contribution is -0.111. The first-order valence-electron chi connectivity index (χ1n) is 9.75. The molecule has 154 valence electrons. The van der Waals surface area contributed by atoms with E-state index in [2.05, 4.69) is 19.2 Å². The molecule has 1 aliphatic heterocycles. The van der Waals surface area contributed by atoms with Crippen molar-refractivity contribution in [1.29, 1.82) is 0 Å². The van der Waals surface area contributed by atoms with E-state index in [4.69, 9.17) is 14.2 Å². The van der Waals surface area contributed by atoms with Gasteiger partial charge in [0, 0.05) is 49.2 Å². The molecular weight excluding hydrogens is 368 g/mol. The van der Waals surface area contributed by atoms with E-state index in [1.165, 1.54) is 6.08 Å². The Morgan fingerprint density at radius 3 is 2.62 bits per heavy atom. The molecular formula is C23H28N2O4. The summed E-state index contributed by atoms with van der Waals surface area (Å²) >= 11 is 0. The lowest BCUT2D eigenvalue weighted by atomic mass is 10.1. The number of anilines is 2. The summed E-state index contributed by atoms with van der Waals surface area (Å²) < 4.78 is 17.0. The van der Waals surface area contributed by atoms with Gasteiger partial charge in [0.05, 0.1) is 6.61 Å². The lowest BCUT2D eigenvalue weighted by Gasteiger charge is -2.18. The molecule has 6 nitrogen and oxygen atoms in total. The fourth-order valence-electron chi connectivity index (χ4n) is 2.79. The number of amides is 1. The number of benzene rings is 2. The number of nitrogens with one attached hydrogen (secondary N) is 1. The predicted octanol–water partition coefficient (Wildman–Crippen LogP) is 4.21. The third-order valence-corrected chi connectivity index (χ3v) is 4.31. The average Bonchev–Trinajstić information content (AvgIpc) is 2.70. The highest BCUT2D eigenvalue weighted by atomic mass is 16.6. The van der Waals surface area contributed by atoms with Crippen molar-refractivity contribution in [3.63, 3.8) is 0 Å². The van der Waals surface area contributed by atoms with Crippen LogP contribution in [0.15, 0.2) is 42.5 Å². The van der Waals surface area contributed by atoms with Crippen LogP contribution in [0.1, 0.15) is 19.4 Å². The first-order valence-corrected chi connectivity index (χ1v) is 9.75. The van der Waals surface area contributed by atoms with E-state index in [1.807, 2.05) is 37.2 Å². The Balaban J connectivity index is 1.71. The molecule has 0 aliphatic carbocycles. The van der Waals surface area contributed by atoms with Gasteiger partial charge in [-0.05, 0) is 36.3 Å². The van der Waals surface area contributed by atoms with Crippen LogP contribution in [0.3, 0.4) is 0 Å². The minimum atomic E-state index is -0.229. The smallest absolute Gasteiger partial charge is 0.248 e. The van der Waals surface area contributed by atoms with Crippen molar-refractivity contribution in [3.8, 4) is 17.2 Å². The van der Waals surface area contributed by atoms with E-state index >= 15 is 0 Å². The number of rotatable bonds is 7. The molecule has 1 amide bonds. The number of nitrogens with zero attached hydrogens (tertiary/aromatic N) is 1. The van der Waals surface area contributed by atoms with Gasteiger partial charge in [0.2, 0.25) is 5.91 Å². The summed E-state index contributed by atoms with van der Waals surface area (Å²) in [5.74, 6) is 2.27. The van der Waals surface area contributed by atoms with Crippen LogP contribution in [-0.2, 0) is 4.79 Å². The number of carbonyl (C=O) groups excluding carboxylic acids is 1. The number of ether oxygens (including phenoxy) is 3. The van der Waals surface area contributed by atoms with E-state index in [1.54, 1.807) is 24.3 Å². The molecule has 2 aromatic rings. The Morgan fingerprint density at radius 1 is 1.14 bits per heavy atom. The second kappa shape index (κ2) is 9.37. The highest BCUT2D eigenvalue weighted by Crippen LogP contribution is 2.32. The summed E-state index contributed by atoms with van der Waals surface area (Å²) in [7, 11) is 3.97. The molecule has 0 unspecified atom stereocenters. The first-order chi connectivity index (χ1) is 13.9. The van der Waals surface area contributed by atoms with Gasteiger partial charge in [-0.15, -0.1) is 0 Å². The topological polar surface area (TPSA) is 60.0 Å². The largest absolute Gasteiger partial charge is 0.493 e. The zero-order chi connectivity index (χ0) is 20.8. The molecule has 3 rings (SSSR count). The van der Waals surface area contributed by atoms with Crippen LogP contribution in [0.25, 0.3) is 6.08 Å². The highest BCUT2D eigenvalue weighted by Gasteiger charge is 2.12. The molecule has 0 saturated heterocycles. The Bertz CT molecular complexity index is 890. The average molecular weight is 396 g/mol. The van der Waals surface area contributed by atoms with Crippen LogP contribution in [0.5, 0.6) is 17.2 Å². The Kier molecular flexibility index (Phi) is 6.65. The van der Waals surface area contributed by atoms with Gasteiger partial charge in [0.1, 0.15) is 19.0 Å². The molecule has 0 atom stereocenters. The molecule has 0 spiro atoms. The fourth-order valence-corrected chi connectivity index (χ4v) is 2.79. The van der Waals surface area contributed by atoms with Gasteiger partial charge in [0.15, 0.2) is 11.5 Å². The number of hydrogen-bond acceptors (Lipinski definition) is 5. The highest BCUT2D eigenvalue weighted by molar-refractivity contribution is 6.02. The van der Waals surface area contributed by atoms with Crippen LogP contribution < -0.4 is 24.4 Å². The quantitative estimate of drug-likeness (QED) is 0.711. The number of carbonyl (C=O) groups is 1. The molecule has 1 aliphatic rings. The third-order valence-electron chi connectivity index (χ3n) is 4.31. The fraction of sp³-hybridized carbons (Fsp3) is 0.348. The summed E-state index contributed by atoms with van der Waals surface area (Å²) in [6.45, 7) is 5.86. The van der Waals surface area contributed by atoms with E-state index in [0.29, 0.717) is 42.9 Å². The summed E-state index contributed by atoms with van der Waals surface area (Å²) in [4.78, 5) is 14.4. The van der Waals surface area contributed by atoms with Crippen molar-refractivity contribution >= 4 is 23.4 Å². The van der Waals surface area contributed by atoms with Crippen LogP contribution in [0.4, 0.5) is 11.4 Å². The first kappa shape index (κ1) is 20.6. The molecule has 0 fully saturated rings. The molecule has 1 N–H and O–H groups in total. The van der Waals surface area contributed by atoms with Gasteiger partial charge in [0.25, 0.3) is 0 Å². The maximum atomic E-state index is 12.4. The molecule has 0 saturated carbocycles. The summed E-state index contributed by atoms with van der Waals surface area (Å²) in [6, 6.07) is 11.3. The Labute approximate surface area is 172 Å². The van der Waals surface area contributed by atoms with E-state index in [-0.39, 0.29) is 5.91 Å².